The Bertz CT molecular complexity index is 1080. The Morgan fingerprint density at radius 1 is 0.867 bits per heavy atom. The van der Waals surface area contributed by atoms with Crippen molar-refractivity contribution in [3.8, 4) is 51.0 Å². The van der Waals surface area contributed by atoms with Gasteiger partial charge in [-0.15, -0.1) is 0 Å². The van der Waals surface area contributed by atoms with E-state index in [4.69, 9.17) is 9.47 Å². The lowest BCUT2D eigenvalue weighted by molar-refractivity contribution is 0.369. The van der Waals surface area contributed by atoms with E-state index in [1.807, 2.05) is 26.0 Å². The Kier molecular flexibility index (Phi) is 6.21. The molecule has 156 valence electrons. The highest BCUT2D eigenvalue weighted by molar-refractivity contribution is 5.87. The zero-order chi connectivity index (χ0) is 21.8. The maximum absolute atomic E-state index is 11.0. The topological polar surface area (TPSA) is 79.2 Å². The quantitative estimate of drug-likeness (QED) is 0.460. The average Bonchev–Trinajstić information content (AvgIpc) is 2.73. The summed E-state index contributed by atoms with van der Waals surface area (Å²) in [7, 11) is 3.03. The highest BCUT2D eigenvalue weighted by Gasteiger charge is 2.22. The molecule has 0 saturated heterocycles. The molecule has 0 aromatic heterocycles. The van der Waals surface area contributed by atoms with Crippen molar-refractivity contribution >= 4 is 0 Å². The third-order valence-electron chi connectivity index (χ3n) is 4.92. The van der Waals surface area contributed by atoms with Gasteiger partial charge in [0.05, 0.1) is 19.8 Å². The van der Waals surface area contributed by atoms with Gasteiger partial charge in [-0.2, -0.15) is 0 Å². The molecule has 0 saturated carbocycles. The molecule has 0 radical (unpaired) electrons. The molecule has 0 bridgehead atoms. The van der Waals surface area contributed by atoms with Gasteiger partial charge in [-0.05, 0) is 67.3 Å². The first-order valence-corrected chi connectivity index (χ1v) is 9.58. The molecule has 3 aromatic carbocycles. The van der Waals surface area contributed by atoms with Gasteiger partial charge in [0, 0.05) is 5.56 Å². The van der Waals surface area contributed by atoms with Gasteiger partial charge in [-0.1, -0.05) is 29.8 Å². The molecular weight excluding hydrogens is 380 g/mol. The summed E-state index contributed by atoms with van der Waals surface area (Å²) < 4.78 is 11.1. The zero-order valence-corrected chi connectivity index (χ0v) is 17.6. The molecule has 0 heterocycles. The van der Waals surface area contributed by atoms with Crippen LogP contribution in [0.25, 0.3) is 22.3 Å². The van der Waals surface area contributed by atoms with Crippen LogP contribution in [0.5, 0.6) is 28.7 Å². The second kappa shape index (κ2) is 8.82. The first-order valence-electron chi connectivity index (χ1n) is 9.58. The number of phenols is 3. The van der Waals surface area contributed by atoms with Crippen LogP contribution in [0.15, 0.2) is 60.2 Å². The zero-order valence-electron chi connectivity index (χ0n) is 17.6. The second-order valence-electron chi connectivity index (χ2n) is 7.26. The highest BCUT2D eigenvalue weighted by atomic mass is 16.5. The molecule has 0 fully saturated rings. The van der Waals surface area contributed by atoms with Gasteiger partial charge in [-0.25, -0.2) is 0 Å². The standard InChI is InChI=1S/C25H26O5/c1-15(2)5-6-18-13-17(9-12-21(18)27)20-14-22(29-3)23(24(28)25(20)30-4)16-7-10-19(26)11-8-16/h5,7-14,26-28H,6H2,1-4H3. The maximum Gasteiger partial charge on any atom is 0.170 e. The van der Waals surface area contributed by atoms with E-state index in [0.29, 0.717) is 34.6 Å². The van der Waals surface area contributed by atoms with Gasteiger partial charge >= 0.3 is 0 Å². The van der Waals surface area contributed by atoms with Gasteiger partial charge in [0.15, 0.2) is 11.5 Å². The Hall–Kier alpha value is -3.60. The molecule has 0 amide bonds. The SMILES string of the molecule is COc1cc(-c2ccc(O)c(CC=C(C)C)c2)c(OC)c(O)c1-c1ccc(O)cc1. The van der Waals surface area contributed by atoms with E-state index in [2.05, 4.69) is 0 Å². The van der Waals surface area contributed by atoms with Crippen LogP contribution in [0.1, 0.15) is 19.4 Å². The summed E-state index contributed by atoms with van der Waals surface area (Å²) in [4.78, 5) is 0. The summed E-state index contributed by atoms with van der Waals surface area (Å²) in [5.74, 6) is 1.06. The van der Waals surface area contributed by atoms with Gasteiger partial charge in [0.1, 0.15) is 17.2 Å². The Morgan fingerprint density at radius 3 is 2.13 bits per heavy atom. The molecule has 5 nitrogen and oxygen atoms in total. The number of rotatable bonds is 6. The van der Waals surface area contributed by atoms with Crippen molar-refractivity contribution in [2.45, 2.75) is 20.3 Å². The summed E-state index contributed by atoms with van der Waals surface area (Å²) in [6.45, 7) is 4.02. The number of benzene rings is 3. The predicted molar refractivity (Wildman–Crippen MR) is 119 cm³/mol. The molecule has 5 heteroatoms. The van der Waals surface area contributed by atoms with Crippen LogP contribution in [0.3, 0.4) is 0 Å². The van der Waals surface area contributed by atoms with Gasteiger partial charge in [-0.3, -0.25) is 0 Å². The molecule has 0 aliphatic rings. The fourth-order valence-electron chi connectivity index (χ4n) is 3.35. The van der Waals surface area contributed by atoms with E-state index in [1.54, 1.807) is 42.5 Å². The van der Waals surface area contributed by atoms with Gasteiger partial charge in [0.2, 0.25) is 0 Å². The van der Waals surface area contributed by atoms with E-state index in [-0.39, 0.29) is 17.2 Å². The Labute approximate surface area is 176 Å². The molecule has 0 unspecified atom stereocenters. The number of aromatic hydroxyl groups is 3. The molecular formula is C25H26O5. The predicted octanol–water partition coefficient (Wildman–Crippen LogP) is 5.66. The summed E-state index contributed by atoms with van der Waals surface area (Å²) >= 11 is 0. The number of hydrogen-bond acceptors (Lipinski definition) is 5. The fraction of sp³-hybridized carbons (Fsp3) is 0.200. The van der Waals surface area contributed by atoms with E-state index >= 15 is 0 Å². The molecule has 3 aromatic rings. The van der Waals surface area contributed by atoms with Crippen molar-refractivity contribution < 1.29 is 24.8 Å². The number of phenolic OH excluding ortho intramolecular Hbond substituents is 3. The smallest absolute Gasteiger partial charge is 0.170 e. The molecule has 0 aliphatic heterocycles. The van der Waals surface area contributed by atoms with Crippen molar-refractivity contribution in [3.05, 3.63) is 65.7 Å². The van der Waals surface area contributed by atoms with E-state index in [9.17, 15) is 15.3 Å². The third kappa shape index (κ3) is 4.20. The van der Waals surface area contributed by atoms with Gasteiger partial charge < -0.3 is 24.8 Å². The van der Waals surface area contributed by atoms with Crippen molar-refractivity contribution in [1.82, 2.24) is 0 Å². The third-order valence-corrected chi connectivity index (χ3v) is 4.92. The molecule has 3 N–H and O–H groups in total. The first kappa shape index (κ1) is 21.1. The molecule has 30 heavy (non-hydrogen) atoms. The van der Waals surface area contributed by atoms with Crippen LogP contribution in [0, 0.1) is 0 Å². The fourth-order valence-corrected chi connectivity index (χ4v) is 3.35. The molecule has 0 spiro atoms. The van der Waals surface area contributed by atoms with Crippen LogP contribution in [0.2, 0.25) is 0 Å². The van der Waals surface area contributed by atoms with Crippen LogP contribution in [0.4, 0.5) is 0 Å². The maximum atomic E-state index is 11.0. The van der Waals surface area contributed by atoms with Gasteiger partial charge in [0.25, 0.3) is 0 Å². The molecule has 3 rings (SSSR count). The van der Waals surface area contributed by atoms with E-state index in [1.165, 1.54) is 14.2 Å². The minimum absolute atomic E-state index is 0.0588. The van der Waals surface area contributed by atoms with Crippen molar-refractivity contribution in [3.63, 3.8) is 0 Å². The van der Waals surface area contributed by atoms with Crippen LogP contribution in [-0.4, -0.2) is 29.5 Å². The number of hydrogen-bond donors (Lipinski definition) is 3. The Balaban J connectivity index is 2.19. The number of methoxy groups -OCH3 is 2. The number of allylic oxidation sites excluding steroid dienone is 2. The van der Waals surface area contributed by atoms with E-state index < -0.39 is 0 Å². The minimum atomic E-state index is -0.0588. The number of ether oxygens (including phenoxy) is 2. The summed E-state index contributed by atoms with van der Waals surface area (Å²) in [5, 5.41) is 30.9. The monoisotopic (exact) mass is 406 g/mol. The van der Waals surface area contributed by atoms with Crippen LogP contribution < -0.4 is 9.47 Å². The molecule has 0 atom stereocenters. The normalized spacial score (nSPS) is 10.5. The molecule has 0 aliphatic carbocycles. The van der Waals surface area contributed by atoms with Crippen LogP contribution in [-0.2, 0) is 6.42 Å². The van der Waals surface area contributed by atoms with E-state index in [0.717, 1.165) is 16.7 Å². The lowest BCUT2D eigenvalue weighted by Crippen LogP contribution is -1.96. The minimum Gasteiger partial charge on any atom is -0.508 e. The lowest BCUT2D eigenvalue weighted by Gasteiger charge is -2.18. The van der Waals surface area contributed by atoms with Crippen molar-refractivity contribution in [2.75, 3.05) is 14.2 Å². The summed E-state index contributed by atoms with van der Waals surface area (Å²) in [5.41, 5.74) is 4.52. The average molecular weight is 406 g/mol. The lowest BCUT2D eigenvalue weighted by atomic mass is 9.95. The summed E-state index contributed by atoms with van der Waals surface area (Å²) in [6, 6.07) is 13.6. The highest BCUT2D eigenvalue weighted by Crippen LogP contribution is 2.49. The Morgan fingerprint density at radius 2 is 1.53 bits per heavy atom. The summed E-state index contributed by atoms with van der Waals surface area (Å²) in [6.07, 6.45) is 2.64. The largest absolute Gasteiger partial charge is 0.508 e. The van der Waals surface area contributed by atoms with Crippen LogP contribution >= 0.6 is 0 Å². The first-order chi connectivity index (χ1) is 14.3. The van der Waals surface area contributed by atoms with Crippen molar-refractivity contribution in [1.29, 1.82) is 0 Å². The van der Waals surface area contributed by atoms with Crippen molar-refractivity contribution in [2.24, 2.45) is 0 Å². The second-order valence-corrected chi connectivity index (χ2v) is 7.26.